The molecular weight excluding hydrogens is 410 g/mol. The summed E-state index contributed by atoms with van der Waals surface area (Å²) in [6, 6.07) is 20.9. The van der Waals surface area contributed by atoms with E-state index in [9.17, 15) is 4.79 Å². The first-order valence-electron chi connectivity index (χ1n) is 11.9. The van der Waals surface area contributed by atoms with Crippen LogP contribution in [0.1, 0.15) is 24.0 Å². The average Bonchev–Trinajstić information content (AvgIpc) is 3.29. The number of carbonyl (C=O) groups is 1. The molecule has 5 rings (SSSR count). The highest BCUT2D eigenvalue weighted by molar-refractivity contribution is 5.89. The normalized spacial score (nSPS) is 16.4. The monoisotopic (exact) mass is 441 g/mol. The molecule has 0 bridgehead atoms. The third-order valence-corrected chi connectivity index (χ3v) is 6.71. The number of aromatic nitrogens is 1. The third-order valence-electron chi connectivity index (χ3n) is 6.71. The number of benzene rings is 2. The topological polar surface area (TPSA) is 60.5 Å². The van der Waals surface area contributed by atoms with Crippen molar-refractivity contribution in [3.8, 4) is 0 Å². The number of hydrogen-bond acceptors (Lipinski definition) is 4. The molecule has 0 spiro atoms. The fourth-order valence-electron chi connectivity index (χ4n) is 4.82. The lowest BCUT2D eigenvalue weighted by molar-refractivity contribution is 0.197. The number of hydrogen-bond donors (Lipinski definition) is 2. The summed E-state index contributed by atoms with van der Waals surface area (Å²) in [6.45, 7) is 4.08. The molecule has 2 aromatic carbocycles. The molecular formula is C27H31N5O. The Morgan fingerprint density at radius 2 is 1.70 bits per heavy atom. The molecule has 0 aliphatic carbocycles. The lowest BCUT2D eigenvalue weighted by Gasteiger charge is -2.32. The maximum absolute atomic E-state index is 12.5. The minimum atomic E-state index is -0.121. The first-order valence-corrected chi connectivity index (χ1v) is 11.9. The SMILES string of the molecule is O=C(Nc1ccc(N2CCc3ccccc32)cc1)NC1CCN(CCc2ccncc2)CC1. The third kappa shape index (κ3) is 5.34. The van der Waals surface area contributed by atoms with Gasteiger partial charge < -0.3 is 20.4 Å². The molecule has 0 atom stereocenters. The van der Waals surface area contributed by atoms with Gasteiger partial charge in [-0.25, -0.2) is 4.79 Å². The largest absolute Gasteiger partial charge is 0.341 e. The van der Waals surface area contributed by atoms with Gasteiger partial charge in [-0.1, -0.05) is 18.2 Å². The van der Waals surface area contributed by atoms with Crippen molar-refractivity contribution >= 4 is 23.1 Å². The molecule has 6 heteroatoms. The predicted octanol–water partition coefficient (Wildman–Crippen LogP) is 4.60. The number of urea groups is 1. The van der Waals surface area contributed by atoms with E-state index in [0.717, 1.165) is 63.2 Å². The van der Waals surface area contributed by atoms with Gasteiger partial charge in [0, 0.05) is 61.7 Å². The first kappa shape index (κ1) is 21.5. The predicted molar refractivity (Wildman–Crippen MR) is 133 cm³/mol. The van der Waals surface area contributed by atoms with Gasteiger partial charge in [-0.3, -0.25) is 4.98 Å². The second-order valence-corrected chi connectivity index (χ2v) is 8.90. The average molecular weight is 442 g/mol. The molecule has 1 saturated heterocycles. The summed E-state index contributed by atoms with van der Waals surface area (Å²) in [6.07, 6.45) is 7.78. The molecule has 3 heterocycles. The van der Waals surface area contributed by atoms with Gasteiger partial charge in [0.25, 0.3) is 0 Å². The molecule has 0 saturated carbocycles. The van der Waals surface area contributed by atoms with Crippen LogP contribution < -0.4 is 15.5 Å². The van der Waals surface area contributed by atoms with Gasteiger partial charge >= 0.3 is 6.03 Å². The maximum atomic E-state index is 12.5. The van der Waals surface area contributed by atoms with Crippen LogP contribution in [0.25, 0.3) is 0 Å². The minimum Gasteiger partial charge on any atom is -0.341 e. The van der Waals surface area contributed by atoms with Gasteiger partial charge in [-0.05, 0) is 79.3 Å². The van der Waals surface area contributed by atoms with E-state index in [1.165, 1.54) is 16.8 Å². The van der Waals surface area contributed by atoms with Crippen LogP contribution in [0.5, 0.6) is 0 Å². The van der Waals surface area contributed by atoms with E-state index in [4.69, 9.17) is 0 Å². The Balaban J connectivity index is 1.07. The van der Waals surface area contributed by atoms with Crippen LogP contribution in [0, 0.1) is 0 Å². The number of pyridine rings is 1. The van der Waals surface area contributed by atoms with Crippen LogP contribution >= 0.6 is 0 Å². The molecule has 2 aliphatic rings. The highest BCUT2D eigenvalue weighted by Crippen LogP contribution is 2.34. The van der Waals surface area contributed by atoms with Gasteiger partial charge in [-0.2, -0.15) is 0 Å². The number of nitrogens with one attached hydrogen (secondary N) is 2. The zero-order valence-electron chi connectivity index (χ0n) is 18.9. The van der Waals surface area contributed by atoms with Crippen molar-refractivity contribution in [2.75, 3.05) is 36.4 Å². The second kappa shape index (κ2) is 10.0. The Morgan fingerprint density at radius 1 is 0.939 bits per heavy atom. The minimum absolute atomic E-state index is 0.121. The number of amides is 2. The van der Waals surface area contributed by atoms with Crippen LogP contribution in [0.15, 0.2) is 73.1 Å². The Kier molecular flexibility index (Phi) is 6.53. The van der Waals surface area contributed by atoms with Crippen molar-refractivity contribution in [1.29, 1.82) is 0 Å². The van der Waals surface area contributed by atoms with Crippen molar-refractivity contribution in [1.82, 2.24) is 15.2 Å². The summed E-state index contributed by atoms with van der Waals surface area (Å²) in [5.74, 6) is 0. The lowest BCUT2D eigenvalue weighted by atomic mass is 10.0. The zero-order chi connectivity index (χ0) is 22.5. The number of para-hydroxylation sites is 1. The number of carbonyl (C=O) groups excluding carboxylic acids is 1. The van der Waals surface area contributed by atoms with Gasteiger partial charge in [0.2, 0.25) is 0 Å². The van der Waals surface area contributed by atoms with Crippen molar-refractivity contribution < 1.29 is 4.79 Å². The maximum Gasteiger partial charge on any atom is 0.319 e. The molecule has 2 amide bonds. The zero-order valence-corrected chi connectivity index (χ0v) is 18.9. The van der Waals surface area contributed by atoms with Crippen LogP contribution in [0.4, 0.5) is 21.9 Å². The number of fused-ring (bicyclic) bond motifs is 1. The van der Waals surface area contributed by atoms with Crippen LogP contribution in [-0.4, -0.2) is 48.1 Å². The van der Waals surface area contributed by atoms with Crippen molar-refractivity contribution in [2.45, 2.75) is 31.7 Å². The highest BCUT2D eigenvalue weighted by atomic mass is 16.2. The summed E-state index contributed by atoms with van der Waals surface area (Å²) in [7, 11) is 0. The van der Waals surface area contributed by atoms with Gasteiger partial charge in [-0.15, -0.1) is 0 Å². The number of rotatable bonds is 6. The van der Waals surface area contributed by atoms with Crippen molar-refractivity contribution in [3.63, 3.8) is 0 Å². The molecule has 3 aromatic rings. The van der Waals surface area contributed by atoms with E-state index in [0.29, 0.717) is 0 Å². The number of anilines is 3. The Morgan fingerprint density at radius 3 is 2.48 bits per heavy atom. The fourth-order valence-corrected chi connectivity index (χ4v) is 4.82. The molecule has 0 unspecified atom stereocenters. The first-order chi connectivity index (χ1) is 16.2. The smallest absolute Gasteiger partial charge is 0.319 e. The van der Waals surface area contributed by atoms with Gasteiger partial charge in [0.1, 0.15) is 0 Å². The summed E-state index contributed by atoms with van der Waals surface area (Å²) < 4.78 is 0. The van der Waals surface area contributed by atoms with Crippen LogP contribution in [0.2, 0.25) is 0 Å². The van der Waals surface area contributed by atoms with E-state index < -0.39 is 0 Å². The van der Waals surface area contributed by atoms with E-state index in [1.807, 2.05) is 24.5 Å². The van der Waals surface area contributed by atoms with Crippen molar-refractivity contribution in [2.24, 2.45) is 0 Å². The van der Waals surface area contributed by atoms with E-state index in [-0.39, 0.29) is 12.1 Å². The molecule has 2 aliphatic heterocycles. The van der Waals surface area contributed by atoms with E-state index in [1.54, 1.807) is 0 Å². The Bertz CT molecular complexity index is 1060. The summed E-state index contributed by atoms with van der Waals surface area (Å²) in [4.78, 5) is 21.4. The molecule has 33 heavy (non-hydrogen) atoms. The number of nitrogens with zero attached hydrogens (tertiary/aromatic N) is 3. The summed E-state index contributed by atoms with van der Waals surface area (Å²) >= 11 is 0. The summed E-state index contributed by atoms with van der Waals surface area (Å²) in [5, 5.41) is 6.14. The van der Waals surface area contributed by atoms with E-state index in [2.05, 4.69) is 73.9 Å². The van der Waals surface area contributed by atoms with Crippen LogP contribution in [-0.2, 0) is 12.8 Å². The molecule has 2 N–H and O–H groups in total. The second-order valence-electron chi connectivity index (χ2n) is 8.90. The molecule has 6 nitrogen and oxygen atoms in total. The molecule has 0 radical (unpaired) electrons. The number of likely N-dealkylation sites (tertiary alicyclic amines) is 1. The van der Waals surface area contributed by atoms with E-state index >= 15 is 0 Å². The molecule has 1 fully saturated rings. The Hall–Kier alpha value is -3.38. The fraction of sp³-hybridized carbons (Fsp3) is 0.333. The summed E-state index contributed by atoms with van der Waals surface area (Å²) in [5.41, 5.74) is 5.97. The highest BCUT2D eigenvalue weighted by Gasteiger charge is 2.21. The molecule has 170 valence electrons. The Labute approximate surface area is 195 Å². The van der Waals surface area contributed by atoms with Crippen LogP contribution in [0.3, 0.4) is 0 Å². The number of piperidine rings is 1. The standard InChI is InChI=1S/C27H31N5O/c33-27(30-24-13-18-31(19-14-24)17-11-21-9-15-28-16-10-21)29-23-5-7-25(8-6-23)32-20-12-22-3-1-2-4-26(22)32/h1-10,15-16,24H,11-14,17-20H2,(H2,29,30,33). The molecule has 1 aromatic heterocycles. The quantitative estimate of drug-likeness (QED) is 0.587. The van der Waals surface area contributed by atoms with Gasteiger partial charge in [0.15, 0.2) is 0 Å². The van der Waals surface area contributed by atoms with Gasteiger partial charge in [0.05, 0.1) is 0 Å². The lowest BCUT2D eigenvalue weighted by Crippen LogP contribution is -2.46. The van der Waals surface area contributed by atoms with Crippen molar-refractivity contribution in [3.05, 3.63) is 84.2 Å².